The standard InChI is InChI=1S/C19H18F5N5O2/c1-9-15(26-8-14(27-9)31-2)16(30)28-10-3-4-12(20)11(7-10)19(17(21)22)18(23,24)6-5-13(25)29-19/h3-4,7-8,17H,5-6H2,1-2H3,(H2,25,29)(H,28,30). The molecule has 3 N–H and O–H groups in total. The van der Waals surface area contributed by atoms with Crippen LogP contribution in [0, 0.1) is 12.7 Å². The molecule has 1 aliphatic rings. The van der Waals surface area contributed by atoms with Crippen LogP contribution < -0.4 is 15.8 Å². The van der Waals surface area contributed by atoms with Crippen LogP contribution in [0.15, 0.2) is 29.4 Å². The maximum absolute atomic E-state index is 14.7. The van der Waals surface area contributed by atoms with Gasteiger partial charge in [-0.1, -0.05) is 0 Å². The van der Waals surface area contributed by atoms with Crippen LogP contribution in [0.25, 0.3) is 0 Å². The molecule has 31 heavy (non-hydrogen) atoms. The number of hydrogen-bond donors (Lipinski definition) is 2. The SMILES string of the molecule is COc1cnc(C(=O)Nc2ccc(F)c(C3(C(F)F)N=C(N)CCC3(F)F)c2)c(C)n1. The Morgan fingerprint density at radius 3 is 2.65 bits per heavy atom. The van der Waals surface area contributed by atoms with Gasteiger partial charge in [0.05, 0.1) is 24.8 Å². The lowest BCUT2D eigenvalue weighted by molar-refractivity contribution is -0.145. The second kappa shape index (κ2) is 8.08. The predicted octanol–water partition coefficient (Wildman–Crippen LogP) is 3.43. The molecule has 1 amide bonds. The van der Waals surface area contributed by atoms with Crippen molar-refractivity contribution in [3.63, 3.8) is 0 Å². The number of nitrogens with one attached hydrogen (secondary N) is 1. The fraction of sp³-hybridized carbons (Fsp3) is 0.368. The van der Waals surface area contributed by atoms with Crippen LogP contribution in [0.4, 0.5) is 27.6 Å². The molecular formula is C19H18F5N5O2. The molecule has 0 saturated carbocycles. The summed E-state index contributed by atoms with van der Waals surface area (Å²) >= 11 is 0. The van der Waals surface area contributed by atoms with Crippen LogP contribution in [0.2, 0.25) is 0 Å². The number of aromatic nitrogens is 2. The lowest BCUT2D eigenvalue weighted by Gasteiger charge is -2.40. The third-order valence-corrected chi connectivity index (χ3v) is 4.87. The minimum Gasteiger partial charge on any atom is -0.480 e. The Labute approximate surface area is 173 Å². The summed E-state index contributed by atoms with van der Waals surface area (Å²) in [5.41, 5.74) is 0.716. The van der Waals surface area contributed by atoms with Crippen LogP contribution in [0.5, 0.6) is 5.88 Å². The van der Waals surface area contributed by atoms with Gasteiger partial charge < -0.3 is 15.8 Å². The van der Waals surface area contributed by atoms with Gasteiger partial charge in [0.2, 0.25) is 11.4 Å². The van der Waals surface area contributed by atoms with Gasteiger partial charge >= 0.3 is 0 Å². The number of rotatable bonds is 5. The van der Waals surface area contributed by atoms with Gasteiger partial charge in [-0.2, -0.15) is 0 Å². The average molecular weight is 443 g/mol. The molecule has 7 nitrogen and oxygen atoms in total. The first-order valence-electron chi connectivity index (χ1n) is 9.01. The molecule has 1 aromatic carbocycles. The highest BCUT2D eigenvalue weighted by Gasteiger charge is 2.63. The molecule has 0 aliphatic carbocycles. The average Bonchev–Trinajstić information content (AvgIpc) is 2.70. The van der Waals surface area contributed by atoms with Crippen LogP contribution in [-0.4, -0.2) is 41.2 Å². The van der Waals surface area contributed by atoms with Crippen LogP contribution in [-0.2, 0) is 5.54 Å². The highest BCUT2D eigenvalue weighted by atomic mass is 19.3. The lowest BCUT2D eigenvalue weighted by Crippen LogP contribution is -2.54. The van der Waals surface area contributed by atoms with Crippen LogP contribution in [0.1, 0.15) is 34.6 Å². The van der Waals surface area contributed by atoms with E-state index in [4.69, 9.17) is 10.5 Å². The first-order chi connectivity index (χ1) is 14.5. The Balaban J connectivity index is 2.04. The molecule has 1 aliphatic heterocycles. The number of benzene rings is 1. The second-order valence-electron chi connectivity index (χ2n) is 6.87. The van der Waals surface area contributed by atoms with E-state index in [1.54, 1.807) is 0 Å². The first kappa shape index (κ1) is 22.4. The van der Waals surface area contributed by atoms with E-state index in [-0.39, 0.29) is 23.0 Å². The number of aliphatic imine (C=N–C) groups is 1. The molecule has 0 fully saturated rings. The van der Waals surface area contributed by atoms with Gasteiger partial charge in [0.15, 0.2) is 0 Å². The Hall–Kier alpha value is -3.31. The molecule has 2 heterocycles. The normalized spacial score (nSPS) is 20.3. The number of carbonyl (C=O) groups excluding carboxylic acids is 1. The molecule has 1 atom stereocenters. The number of alkyl halides is 4. The Morgan fingerprint density at radius 1 is 1.32 bits per heavy atom. The number of halogens is 5. The van der Waals surface area contributed by atoms with Gasteiger partial charge in [0, 0.05) is 24.1 Å². The number of carbonyl (C=O) groups is 1. The third-order valence-electron chi connectivity index (χ3n) is 4.87. The smallest absolute Gasteiger partial charge is 0.283 e. The molecule has 0 saturated heterocycles. The maximum atomic E-state index is 14.7. The highest BCUT2D eigenvalue weighted by Crippen LogP contribution is 2.51. The number of methoxy groups -OCH3 is 1. The zero-order valence-corrected chi connectivity index (χ0v) is 16.4. The molecule has 2 aromatic rings. The van der Waals surface area contributed by atoms with Crippen molar-refractivity contribution in [2.45, 2.75) is 37.7 Å². The maximum Gasteiger partial charge on any atom is 0.283 e. The highest BCUT2D eigenvalue weighted by molar-refractivity contribution is 6.03. The van der Waals surface area contributed by atoms with E-state index in [0.29, 0.717) is 12.1 Å². The van der Waals surface area contributed by atoms with Crippen molar-refractivity contribution in [2.75, 3.05) is 12.4 Å². The zero-order valence-electron chi connectivity index (χ0n) is 16.4. The Morgan fingerprint density at radius 2 is 2.03 bits per heavy atom. The van der Waals surface area contributed by atoms with Gasteiger partial charge in [0.1, 0.15) is 11.5 Å². The molecule has 1 aromatic heterocycles. The van der Waals surface area contributed by atoms with E-state index < -0.39 is 53.9 Å². The summed E-state index contributed by atoms with van der Waals surface area (Å²) in [6, 6.07) is 2.43. The minimum atomic E-state index is -4.08. The number of anilines is 1. The number of hydrogen-bond acceptors (Lipinski definition) is 6. The zero-order chi connectivity index (χ0) is 23.0. The summed E-state index contributed by atoms with van der Waals surface area (Å²) < 4.78 is 76.7. The van der Waals surface area contributed by atoms with Crippen molar-refractivity contribution in [1.29, 1.82) is 0 Å². The van der Waals surface area contributed by atoms with E-state index in [1.807, 2.05) is 0 Å². The Kier molecular flexibility index (Phi) is 5.83. The first-order valence-corrected chi connectivity index (χ1v) is 9.01. The summed E-state index contributed by atoms with van der Waals surface area (Å²) in [4.78, 5) is 23.7. The number of amides is 1. The molecule has 0 bridgehead atoms. The van der Waals surface area contributed by atoms with Gasteiger partial charge in [-0.15, -0.1) is 0 Å². The largest absolute Gasteiger partial charge is 0.480 e. The summed E-state index contributed by atoms with van der Waals surface area (Å²) in [7, 11) is 1.36. The molecule has 166 valence electrons. The summed E-state index contributed by atoms with van der Waals surface area (Å²) in [6.07, 6.45) is -4.02. The van der Waals surface area contributed by atoms with Crippen molar-refractivity contribution in [3.05, 3.63) is 47.2 Å². The van der Waals surface area contributed by atoms with Gasteiger partial charge in [-0.25, -0.2) is 36.9 Å². The summed E-state index contributed by atoms with van der Waals surface area (Å²) in [5.74, 6) is -6.51. The summed E-state index contributed by atoms with van der Waals surface area (Å²) in [6.45, 7) is 1.48. The number of amidine groups is 1. The number of aryl methyl sites for hydroxylation is 1. The molecule has 1 unspecified atom stereocenters. The molecular weight excluding hydrogens is 425 g/mol. The van der Waals surface area contributed by atoms with Crippen molar-refractivity contribution in [2.24, 2.45) is 10.7 Å². The third kappa shape index (κ3) is 3.89. The number of ether oxygens (including phenoxy) is 1. The topological polar surface area (TPSA) is 102 Å². The lowest BCUT2D eigenvalue weighted by atomic mass is 9.79. The summed E-state index contributed by atoms with van der Waals surface area (Å²) in [5, 5.41) is 2.32. The van der Waals surface area contributed by atoms with Crippen molar-refractivity contribution in [3.8, 4) is 5.88 Å². The molecule has 0 radical (unpaired) electrons. The fourth-order valence-corrected chi connectivity index (χ4v) is 3.29. The van der Waals surface area contributed by atoms with E-state index in [9.17, 15) is 26.7 Å². The molecule has 12 heteroatoms. The van der Waals surface area contributed by atoms with Crippen molar-refractivity contribution >= 4 is 17.4 Å². The van der Waals surface area contributed by atoms with Gasteiger partial charge in [0.25, 0.3) is 18.3 Å². The fourth-order valence-electron chi connectivity index (χ4n) is 3.29. The van der Waals surface area contributed by atoms with E-state index >= 15 is 0 Å². The van der Waals surface area contributed by atoms with Gasteiger partial charge in [-0.05, 0) is 25.1 Å². The van der Waals surface area contributed by atoms with Crippen LogP contribution >= 0.6 is 0 Å². The van der Waals surface area contributed by atoms with E-state index in [1.165, 1.54) is 20.2 Å². The minimum absolute atomic E-state index is 0.125. The Bertz CT molecular complexity index is 1050. The monoisotopic (exact) mass is 443 g/mol. The number of nitrogens with two attached hydrogens (primary N) is 1. The van der Waals surface area contributed by atoms with Gasteiger partial charge in [-0.3, -0.25) is 4.79 Å². The molecule has 3 rings (SSSR count). The molecule has 0 spiro atoms. The van der Waals surface area contributed by atoms with E-state index in [0.717, 1.165) is 6.07 Å². The predicted molar refractivity (Wildman–Crippen MR) is 101 cm³/mol. The number of nitrogens with zero attached hydrogens (tertiary/aromatic N) is 3. The quantitative estimate of drug-likeness (QED) is 0.690. The van der Waals surface area contributed by atoms with Crippen molar-refractivity contribution in [1.82, 2.24) is 9.97 Å². The van der Waals surface area contributed by atoms with Crippen molar-refractivity contribution < 1.29 is 31.5 Å². The second-order valence-corrected chi connectivity index (χ2v) is 6.87. The van der Waals surface area contributed by atoms with Crippen LogP contribution in [0.3, 0.4) is 0 Å². The van der Waals surface area contributed by atoms with E-state index in [2.05, 4.69) is 20.3 Å².